The fourth-order valence-corrected chi connectivity index (χ4v) is 5.16. The number of hydrogen-bond donors (Lipinski definition) is 3. The van der Waals surface area contributed by atoms with Crippen LogP contribution in [0.1, 0.15) is 37.5 Å². The minimum atomic E-state index is 0.331. The second kappa shape index (κ2) is 9.26. The van der Waals surface area contributed by atoms with E-state index in [9.17, 15) is 0 Å². The summed E-state index contributed by atoms with van der Waals surface area (Å²) in [6.45, 7) is 3.85. The van der Waals surface area contributed by atoms with E-state index in [-0.39, 0.29) is 0 Å². The predicted molar refractivity (Wildman–Crippen MR) is 132 cm³/mol. The van der Waals surface area contributed by atoms with Gasteiger partial charge in [-0.2, -0.15) is 10.1 Å². The van der Waals surface area contributed by atoms with Gasteiger partial charge in [-0.05, 0) is 56.2 Å². The molecule has 0 amide bonds. The summed E-state index contributed by atoms with van der Waals surface area (Å²) in [6, 6.07) is 13.4. The number of fused-ring (bicyclic) bond motifs is 1. The van der Waals surface area contributed by atoms with E-state index in [0.29, 0.717) is 17.7 Å². The molecule has 8 heteroatoms. The SMILES string of the molecule is CCN(c1ncc2c(-c3cccc(NCc4cccs4)c3)[nH]nc2n1)C1CCC(N)CC1. The topological polar surface area (TPSA) is 95.8 Å². The number of thiophene rings is 1. The van der Waals surface area contributed by atoms with Crippen molar-refractivity contribution in [3.05, 3.63) is 52.9 Å². The number of anilines is 2. The normalized spacial score (nSPS) is 18.7. The quantitative estimate of drug-likeness (QED) is 0.377. The van der Waals surface area contributed by atoms with E-state index in [1.807, 2.05) is 6.20 Å². The number of H-pyrrole nitrogens is 1. The van der Waals surface area contributed by atoms with Gasteiger partial charge in [0, 0.05) is 47.5 Å². The predicted octanol–water partition coefficient (Wildman–Crippen LogP) is 4.79. The Morgan fingerprint density at radius 1 is 1.19 bits per heavy atom. The van der Waals surface area contributed by atoms with Crippen molar-refractivity contribution in [1.82, 2.24) is 20.2 Å². The monoisotopic (exact) mass is 447 g/mol. The fraction of sp³-hybridized carbons (Fsp3) is 0.375. The van der Waals surface area contributed by atoms with Gasteiger partial charge in [0.2, 0.25) is 5.95 Å². The minimum Gasteiger partial charge on any atom is -0.380 e. The Balaban J connectivity index is 1.37. The van der Waals surface area contributed by atoms with Gasteiger partial charge in [0.15, 0.2) is 5.65 Å². The summed E-state index contributed by atoms with van der Waals surface area (Å²) in [7, 11) is 0. The molecule has 3 aromatic heterocycles. The maximum atomic E-state index is 6.10. The summed E-state index contributed by atoms with van der Waals surface area (Å²) in [5, 5.41) is 14.2. The number of benzene rings is 1. The molecule has 4 aromatic rings. The summed E-state index contributed by atoms with van der Waals surface area (Å²) in [4.78, 5) is 13.1. The zero-order chi connectivity index (χ0) is 21.9. The molecular weight excluding hydrogens is 418 g/mol. The summed E-state index contributed by atoms with van der Waals surface area (Å²) < 4.78 is 0. The van der Waals surface area contributed by atoms with Crippen molar-refractivity contribution in [2.75, 3.05) is 16.8 Å². The molecule has 0 saturated heterocycles. The van der Waals surface area contributed by atoms with Gasteiger partial charge in [0.05, 0.1) is 11.1 Å². The van der Waals surface area contributed by atoms with Crippen molar-refractivity contribution in [2.24, 2.45) is 5.73 Å². The third-order valence-corrected chi connectivity index (χ3v) is 7.15. The number of rotatable bonds is 7. The summed E-state index contributed by atoms with van der Waals surface area (Å²) >= 11 is 1.76. The second-order valence-corrected chi connectivity index (χ2v) is 9.41. The van der Waals surface area contributed by atoms with Gasteiger partial charge in [0.1, 0.15) is 0 Å². The first kappa shape index (κ1) is 20.9. The largest absolute Gasteiger partial charge is 0.380 e. The van der Waals surface area contributed by atoms with E-state index < -0.39 is 0 Å². The molecule has 1 saturated carbocycles. The number of nitrogens with zero attached hydrogens (tertiary/aromatic N) is 4. The van der Waals surface area contributed by atoms with Crippen molar-refractivity contribution in [1.29, 1.82) is 0 Å². The molecule has 1 aromatic carbocycles. The minimum absolute atomic E-state index is 0.331. The van der Waals surface area contributed by atoms with Crippen LogP contribution in [0.2, 0.25) is 0 Å². The maximum Gasteiger partial charge on any atom is 0.227 e. The van der Waals surface area contributed by atoms with Crippen molar-refractivity contribution in [2.45, 2.75) is 51.2 Å². The van der Waals surface area contributed by atoms with Crippen molar-refractivity contribution in [3.63, 3.8) is 0 Å². The van der Waals surface area contributed by atoms with E-state index in [4.69, 9.17) is 15.7 Å². The van der Waals surface area contributed by atoms with Crippen LogP contribution in [0.3, 0.4) is 0 Å². The van der Waals surface area contributed by atoms with Gasteiger partial charge in [-0.1, -0.05) is 18.2 Å². The van der Waals surface area contributed by atoms with Gasteiger partial charge in [-0.15, -0.1) is 11.3 Å². The van der Waals surface area contributed by atoms with E-state index in [1.54, 1.807) is 11.3 Å². The summed E-state index contributed by atoms with van der Waals surface area (Å²) in [5.41, 5.74) is 9.88. The van der Waals surface area contributed by atoms with Crippen LogP contribution in [0.4, 0.5) is 11.6 Å². The van der Waals surface area contributed by atoms with Gasteiger partial charge >= 0.3 is 0 Å². The number of hydrogen-bond acceptors (Lipinski definition) is 7. The standard InChI is InChI=1S/C24H29N7S/c1-2-31(19-10-8-17(25)9-11-19)24-27-15-21-22(29-30-23(21)28-24)16-5-3-6-18(13-16)26-14-20-7-4-12-32-20/h3-7,12-13,15,17,19,26H,2,8-11,14,25H2,1H3,(H,27,28,29,30). The van der Waals surface area contributed by atoms with Crippen molar-refractivity contribution < 1.29 is 0 Å². The molecule has 4 N–H and O–H groups in total. The molecule has 1 fully saturated rings. The molecule has 5 rings (SSSR count). The maximum absolute atomic E-state index is 6.10. The zero-order valence-corrected chi connectivity index (χ0v) is 19.1. The lowest BCUT2D eigenvalue weighted by atomic mass is 9.91. The third kappa shape index (κ3) is 4.33. The highest BCUT2D eigenvalue weighted by molar-refractivity contribution is 7.09. The molecular formula is C24H29N7S. The first-order valence-electron chi connectivity index (χ1n) is 11.3. The Labute approximate surface area is 192 Å². The lowest BCUT2D eigenvalue weighted by Gasteiger charge is -2.35. The average Bonchev–Trinajstić information content (AvgIpc) is 3.49. The molecule has 1 aliphatic carbocycles. The Hall–Kier alpha value is -2.97. The van der Waals surface area contributed by atoms with E-state index in [1.165, 1.54) is 4.88 Å². The van der Waals surface area contributed by atoms with Gasteiger partial charge in [-0.25, -0.2) is 4.98 Å². The second-order valence-electron chi connectivity index (χ2n) is 8.37. The molecule has 32 heavy (non-hydrogen) atoms. The number of nitrogens with one attached hydrogen (secondary N) is 2. The zero-order valence-electron chi connectivity index (χ0n) is 18.3. The highest BCUT2D eigenvalue weighted by Gasteiger charge is 2.25. The van der Waals surface area contributed by atoms with Crippen LogP contribution in [-0.4, -0.2) is 38.8 Å². The Kier molecular flexibility index (Phi) is 6.05. The molecule has 3 heterocycles. The molecule has 1 aliphatic rings. The molecule has 0 radical (unpaired) electrons. The Morgan fingerprint density at radius 2 is 2.06 bits per heavy atom. The molecule has 0 atom stereocenters. The lowest BCUT2D eigenvalue weighted by Crippen LogP contribution is -2.41. The molecule has 0 aliphatic heterocycles. The Morgan fingerprint density at radius 3 is 2.84 bits per heavy atom. The number of nitrogens with two attached hydrogens (primary N) is 1. The highest BCUT2D eigenvalue weighted by Crippen LogP contribution is 2.30. The highest BCUT2D eigenvalue weighted by atomic mass is 32.1. The van der Waals surface area contributed by atoms with Crippen LogP contribution < -0.4 is 16.0 Å². The van der Waals surface area contributed by atoms with Crippen LogP contribution in [0, 0.1) is 0 Å². The first-order chi connectivity index (χ1) is 15.7. The van der Waals surface area contributed by atoms with Crippen LogP contribution in [0.25, 0.3) is 22.3 Å². The summed E-state index contributed by atoms with van der Waals surface area (Å²) in [6.07, 6.45) is 6.21. The van der Waals surface area contributed by atoms with Crippen LogP contribution in [0.5, 0.6) is 0 Å². The van der Waals surface area contributed by atoms with E-state index >= 15 is 0 Å². The van der Waals surface area contributed by atoms with Crippen LogP contribution in [0.15, 0.2) is 48.0 Å². The Bertz CT molecular complexity index is 1160. The van der Waals surface area contributed by atoms with E-state index in [2.05, 4.69) is 69.1 Å². The molecule has 0 bridgehead atoms. The van der Waals surface area contributed by atoms with Crippen LogP contribution in [-0.2, 0) is 6.54 Å². The molecule has 166 valence electrons. The average molecular weight is 448 g/mol. The van der Waals surface area contributed by atoms with E-state index in [0.717, 1.165) is 67.1 Å². The van der Waals surface area contributed by atoms with Crippen LogP contribution >= 0.6 is 11.3 Å². The molecule has 0 spiro atoms. The summed E-state index contributed by atoms with van der Waals surface area (Å²) in [5.74, 6) is 0.755. The van der Waals surface area contributed by atoms with Gasteiger partial charge < -0.3 is 16.0 Å². The first-order valence-corrected chi connectivity index (χ1v) is 12.2. The molecule has 7 nitrogen and oxygen atoms in total. The lowest BCUT2D eigenvalue weighted by molar-refractivity contribution is 0.375. The van der Waals surface area contributed by atoms with Gasteiger partial charge in [-0.3, -0.25) is 5.10 Å². The third-order valence-electron chi connectivity index (χ3n) is 6.28. The number of aromatic amines is 1. The smallest absolute Gasteiger partial charge is 0.227 e. The van der Waals surface area contributed by atoms with Crippen molar-refractivity contribution in [3.8, 4) is 11.3 Å². The fourth-order valence-electron chi connectivity index (χ4n) is 4.52. The number of aromatic nitrogens is 4. The van der Waals surface area contributed by atoms with Crippen molar-refractivity contribution >= 4 is 34.0 Å². The molecule has 0 unspecified atom stereocenters. The van der Waals surface area contributed by atoms with Gasteiger partial charge in [0.25, 0.3) is 0 Å².